The lowest BCUT2D eigenvalue weighted by atomic mass is 10.1. The van der Waals surface area contributed by atoms with E-state index in [1.165, 1.54) is 6.07 Å². The van der Waals surface area contributed by atoms with E-state index in [2.05, 4.69) is 4.98 Å². The number of pyridine rings is 1. The Morgan fingerprint density at radius 1 is 1.09 bits per heavy atom. The molecule has 1 heterocycles. The molecule has 5 heteroatoms. The van der Waals surface area contributed by atoms with E-state index in [9.17, 15) is 15.2 Å². The first-order chi connectivity index (χ1) is 11.1. The van der Waals surface area contributed by atoms with Crippen molar-refractivity contribution in [3.63, 3.8) is 0 Å². The number of nitro benzene ring substituents is 1. The third-order valence-corrected chi connectivity index (χ3v) is 3.64. The highest BCUT2D eigenvalue weighted by atomic mass is 16.6. The number of aromatic nitrogens is 1. The smallest absolute Gasteiger partial charge is 0.276 e. The number of aryl methyl sites for hydroxylation is 1. The number of hydrogen-bond acceptors (Lipinski definition) is 4. The first kappa shape index (κ1) is 14.7. The fraction of sp³-hybridized carbons (Fsp3) is 0.0556. The summed E-state index contributed by atoms with van der Waals surface area (Å²) >= 11 is 0. The van der Waals surface area contributed by atoms with Crippen molar-refractivity contribution >= 4 is 28.7 Å². The van der Waals surface area contributed by atoms with Gasteiger partial charge in [0.05, 0.1) is 16.2 Å². The van der Waals surface area contributed by atoms with E-state index >= 15 is 0 Å². The van der Waals surface area contributed by atoms with Crippen LogP contribution >= 0.6 is 0 Å². The zero-order chi connectivity index (χ0) is 16.4. The molecular weight excluding hydrogens is 292 g/mol. The first-order valence-electron chi connectivity index (χ1n) is 7.07. The van der Waals surface area contributed by atoms with Gasteiger partial charge in [0.15, 0.2) is 0 Å². The van der Waals surface area contributed by atoms with Crippen LogP contribution in [-0.2, 0) is 0 Å². The Balaban J connectivity index is 2.02. The highest BCUT2D eigenvalue weighted by Gasteiger charge is 2.09. The maximum Gasteiger partial charge on any atom is 0.276 e. The molecule has 0 aliphatic heterocycles. The van der Waals surface area contributed by atoms with Crippen LogP contribution in [0.1, 0.15) is 16.8 Å². The van der Waals surface area contributed by atoms with Gasteiger partial charge in [-0.3, -0.25) is 10.1 Å². The van der Waals surface area contributed by atoms with E-state index < -0.39 is 4.92 Å². The summed E-state index contributed by atoms with van der Waals surface area (Å²) in [6.07, 6.45) is 3.35. The van der Waals surface area contributed by atoms with Crippen molar-refractivity contribution in [1.29, 1.82) is 0 Å². The standard InChI is InChI=1S/C18H14N2O3/c1-12-6-11-17(21)18-15(12)10-9-14(19-18)8-7-13-4-2-3-5-16(13)20(22)23/h2-11,21H,1H3/b8-7+. The van der Waals surface area contributed by atoms with Crippen LogP contribution in [0.15, 0.2) is 48.5 Å². The molecule has 5 nitrogen and oxygen atoms in total. The number of rotatable bonds is 3. The van der Waals surface area contributed by atoms with Crippen molar-refractivity contribution in [2.24, 2.45) is 0 Å². The van der Waals surface area contributed by atoms with Crippen LogP contribution in [0, 0.1) is 17.0 Å². The molecule has 0 saturated carbocycles. The molecule has 1 aromatic heterocycles. The number of aromatic hydroxyl groups is 1. The number of nitrogens with zero attached hydrogens (tertiary/aromatic N) is 2. The Morgan fingerprint density at radius 3 is 2.65 bits per heavy atom. The summed E-state index contributed by atoms with van der Waals surface area (Å²) in [5.74, 6) is 0.117. The summed E-state index contributed by atoms with van der Waals surface area (Å²) in [5.41, 5.74) is 2.72. The van der Waals surface area contributed by atoms with Crippen LogP contribution in [0.3, 0.4) is 0 Å². The van der Waals surface area contributed by atoms with Crippen LogP contribution in [0.5, 0.6) is 5.75 Å². The quantitative estimate of drug-likeness (QED) is 0.577. The van der Waals surface area contributed by atoms with Gasteiger partial charge in [-0.15, -0.1) is 0 Å². The summed E-state index contributed by atoms with van der Waals surface area (Å²) in [5, 5.41) is 21.8. The molecule has 2 aromatic carbocycles. The van der Waals surface area contributed by atoms with Crippen molar-refractivity contribution in [1.82, 2.24) is 4.98 Å². The summed E-state index contributed by atoms with van der Waals surface area (Å²) in [6, 6.07) is 13.7. The molecule has 1 N–H and O–H groups in total. The number of nitro groups is 1. The molecule has 0 amide bonds. The molecule has 0 atom stereocenters. The minimum Gasteiger partial charge on any atom is -0.506 e. The second kappa shape index (κ2) is 5.88. The van der Waals surface area contributed by atoms with E-state index in [1.807, 2.05) is 25.1 Å². The predicted octanol–water partition coefficient (Wildman–Crippen LogP) is 4.33. The molecule has 0 spiro atoms. The predicted molar refractivity (Wildman–Crippen MR) is 90.2 cm³/mol. The normalized spacial score (nSPS) is 11.2. The molecule has 0 aliphatic carbocycles. The summed E-state index contributed by atoms with van der Waals surface area (Å²) in [7, 11) is 0. The van der Waals surface area contributed by atoms with Gasteiger partial charge in [-0.25, -0.2) is 4.98 Å². The Kier molecular flexibility index (Phi) is 3.76. The second-order valence-electron chi connectivity index (χ2n) is 5.18. The van der Waals surface area contributed by atoms with Gasteiger partial charge in [0, 0.05) is 11.5 Å². The molecule has 114 valence electrons. The van der Waals surface area contributed by atoms with Crippen molar-refractivity contribution in [3.8, 4) is 5.75 Å². The summed E-state index contributed by atoms with van der Waals surface area (Å²) < 4.78 is 0. The van der Waals surface area contributed by atoms with Crippen LogP contribution in [-0.4, -0.2) is 15.0 Å². The van der Waals surface area contributed by atoms with Crippen LogP contribution in [0.4, 0.5) is 5.69 Å². The average molecular weight is 306 g/mol. The maximum atomic E-state index is 11.0. The lowest BCUT2D eigenvalue weighted by molar-refractivity contribution is -0.385. The van der Waals surface area contributed by atoms with Gasteiger partial charge in [0.2, 0.25) is 0 Å². The molecule has 0 unspecified atom stereocenters. The van der Waals surface area contributed by atoms with Crippen LogP contribution in [0.25, 0.3) is 23.1 Å². The van der Waals surface area contributed by atoms with Crippen LogP contribution in [0.2, 0.25) is 0 Å². The zero-order valence-electron chi connectivity index (χ0n) is 12.4. The van der Waals surface area contributed by atoms with Crippen molar-refractivity contribution < 1.29 is 10.0 Å². The maximum absolute atomic E-state index is 11.0. The third kappa shape index (κ3) is 2.89. The molecule has 3 aromatic rings. The molecule has 0 bridgehead atoms. The van der Waals surface area contributed by atoms with E-state index in [4.69, 9.17) is 0 Å². The van der Waals surface area contributed by atoms with Gasteiger partial charge in [-0.2, -0.15) is 0 Å². The van der Waals surface area contributed by atoms with Gasteiger partial charge in [0.25, 0.3) is 5.69 Å². The molecule has 3 rings (SSSR count). The van der Waals surface area contributed by atoms with E-state index in [0.29, 0.717) is 16.8 Å². The molecule has 0 aliphatic rings. The number of benzene rings is 2. The molecule has 0 saturated heterocycles. The fourth-order valence-corrected chi connectivity index (χ4v) is 2.42. The van der Waals surface area contributed by atoms with Crippen LogP contribution < -0.4 is 0 Å². The Labute approximate surface area is 132 Å². The number of hydrogen-bond donors (Lipinski definition) is 1. The van der Waals surface area contributed by atoms with E-state index in [0.717, 1.165) is 10.9 Å². The summed E-state index contributed by atoms with van der Waals surface area (Å²) in [4.78, 5) is 15.0. The van der Waals surface area contributed by atoms with Crippen molar-refractivity contribution in [2.45, 2.75) is 6.92 Å². The first-order valence-corrected chi connectivity index (χ1v) is 7.07. The van der Waals surface area contributed by atoms with Crippen molar-refractivity contribution in [2.75, 3.05) is 0 Å². The molecule has 23 heavy (non-hydrogen) atoms. The van der Waals surface area contributed by atoms with E-state index in [1.54, 1.807) is 36.4 Å². The van der Waals surface area contributed by atoms with Gasteiger partial charge < -0.3 is 5.11 Å². The number of phenols is 1. The largest absolute Gasteiger partial charge is 0.506 e. The molecule has 0 radical (unpaired) electrons. The molecular formula is C18H14N2O3. The number of fused-ring (bicyclic) bond motifs is 1. The van der Waals surface area contributed by atoms with Crippen molar-refractivity contribution in [3.05, 3.63) is 75.5 Å². The lowest BCUT2D eigenvalue weighted by Crippen LogP contribution is -1.90. The fourth-order valence-electron chi connectivity index (χ4n) is 2.42. The lowest BCUT2D eigenvalue weighted by Gasteiger charge is -2.04. The monoisotopic (exact) mass is 306 g/mol. The van der Waals surface area contributed by atoms with Gasteiger partial charge >= 0.3 is 0 Å². The topological polar surface area (TPSA) is 76.3 Å². The number of para-hydroxylation sites is 1. The van der Waals surface area contributed by atoms with Gasteiger partial charge in [-0.05, 0) is 42.8 Å². The Bertz CT molecular complexity index is 933. The van der Waals surface area contributed by atoms with Gasteiger partial charge in [0.1, 0.15) is 11.3 Å². The molecule has 0 fully saturated rings. The van der Waals surface area contributed by atoms with E-state index in [-0.39, 0.29) is 11.4 Å². The highest BCUT2D eigenvalue weighted by Crippen LogP contribution is 2.26. The average Bonchev–Trinajstić information content (AvgIpc) is 2.56. The minimum atomic E-state index is -0.414. The zero-order valence-corrected chi connectivity index (χ0v) is 12.4. The minimum absolute atomic E-state index is 0.0447. The second-order valence-corrected chi connectivity index (χ2v) is 5.18. The third-order valence-electron chi connectivity index (χ3n) is 3.64. The highest BCUT2D eigenvalue weighted by molar-refractivity contribution is 5.88. The Morgan fingerprint density at radius 2 is 1.87 bits per heavy atom. The van der Waals surface area contributed by atoms with Gasteiger partial charge in [-0.1, -0.05) is 24.3 Å². The number of phenolic OH excluding ortho intramolecular Hbond substituents is 1. The Hall–Kier alpha value is -3.21. The summed E-state index contributed by atoms with van der Waals surface area (Å²) in [6.45, 7) is 1.95. The SMILES string of the molecule is Cc1ccc(O)c2nc(/C=C/c3ccccc3[N+](=O)[O-])ccc12.